The third kappa shape index (κ3) is 5.12. The highest BCUT2D eigenvalue weighted by molar-refractivity contribution is 9.10. The Morgan fingerprint density at radius 3 is 2.69 bits per heavy atom. The number of rotatable bonds is 7. The number of halogens is 2. The van der Waals surface area contributed by atoms with Crippen molar-refractivity contribution in [2.45, 2.75) is 5.16 Å². The van der Waals surface area contributed by atoms with Gasteiger partial charge in [0.05, 0.1) is 17.9 Å². The zero-order valence-electron chi connectivity index (χ0n) is 16.8. The summed E-state index contributed by atoms with van der Waals surface area (Å²) >= 11 is 10.9. The molecule has 1 N–H and O–H groups in total. The Morgan fingerprint density at radius 2 is 2.00 bits per heavy atom. The molecule has 0 aliphatic rings. The lowest BCUT2D eigenvalue weighted by Crippen LogP contribution is -2.14. The van der Waals surface area contributed by atoms with Crippen molar-refractivity contribution in [1.82, 2.24) is 19.7 Å². The van der Waals surface area contributed by atoms with Crippen LogP contribution in [0, 0.1) is 0 Å². The second kappa shape index (κ2) is 10.2. The van der Waals surface area contributed by atoms with Crippen LogP contribution in [0.25, 0.3) is 17.1 Å². The summed E-state index contributed by atoms with van der Waals surface area (Å²) in [5.74, 6) is 1.14. The third-order valence-corrected chi connectivity index (χ3v) is 6.16. The van der Waals surface area contributed by atoms with E-state index in [1.54, 1.807) is 30.6 Å². The zero-order valence-corrected chi connectivity index (χ0v) is 20.0. The van der Waals surface area contributed by atoms with Crippen molar-refractivity contribution < 1.29 is 9.53 Å². The summed E-state index contributed by atoms with van der Waals surface area (Å²) in [6, 6.07) is 16.6. The topological polar surface area (TPSA) is 81.9 Å². The number of benzene rings is 2. The molecule has 2 heterocycles. The van der Waals surface area contributed by atoms with Gasteiger partial charge in [0.15, 0.2) is 11.0 Å². The van der Waals surface area contributed by atoms with Crippen LogP contribution in [-0.4, -0.2) is 38.5 Å². The lowest BCUT2D eigenvalue weighted by atomic mass is 10.2. The van der Waals surface area contributed by atoms with Gasteiger partial charge in [0.2, 0.25) is 5.91 Å². The first-order valence-corrected chi connectivity index (χ1v) is 11.6. The molecule has 4 rings (SSSR count). The van der Waals surface area contributed by atoms with Gasteiger partial charge in [-0.1, -0.05) is 39.3 Å². The van der Waals surface area contributed by atoms with Crippen LogP contribution in [0.1, 0.15) is 0 Å². The number of ether oxygens (including phenoxy) is 1. The number of thioether (sulfide) groups is 1. The van der Waals surface area contributed by atoms with Crippen molar-refractivity contribution in [3.05, 3.63) is 76.5 Å². The predicted molar refractivity (Wildman–Crippen MR) is 130 cm³/mol. The molecule has 32 heavy (non-hydrogen) atoms. The maximum absolute atomic E-state index is 12.5. The van der Waals surface area contributed by atoms with E-state index in [0.29, 0.717) is 27.4 Å². The Labute approximate surface area is 202 Å². The van der Waals surface area contributed by atoms with Gasteiger partial charge in [-0.2, -0.15) is 0 Å². The Kier molecular flexibility index (Phi) is 7.09. The van der Waals surface area contributed by atoms with E-state index in [0.717, 1.165) is 15.7 Å². The van der Waals surface area contributed by atoms with Crippen molar-refractivity contribution in [2.75, 3.05) is 18.2 Å². The summed E-state index contributed by atoms with van der Waals surface area (Å²) < 4.78 is 8.01. The van der Waals surface area contributed by atoms with Crippen LogP contribution in [0.2, 0.25) is 5.02 Å². The minimum atomic E-state index is -0.190. The summed E-state index contributed by atoms with van der Waals surface area (Å²) in [4.78, 5) is 16.7. The van der Waals surface area contributed by atoms with Crippen molar-refractivity contribution in [3.8, 4) is 22.8 Å². The maximum Gasteiger partial charge on any atom is 0.234 e. The van der Waals surface area contributed by atoms with Crippen molar-refractivity contribution in [3.63, 3.8) is 0 Å². The lowest BCUT2D eigenvalue weighted by Gasteiger charge is -2.11. The standard InChI is InChI=1S/C22H17BrClN5O2S/c1-31-19-9-6-16(11-18(19)24)26-20(30)13-32-22-28-27-21(14-3-2-10-25-12-14)29(22)17-7-4-15(23)5-8-17/h2-12H,13H2,1H3,(H,26,30). The lowest BCUT2D eigenvalue weighted by molar-refractivity contribution is -0.113. The molecule has 162 valence electrons. The zero-order chi connectivity index (χ0) is 22.5. The molecule has 0 saturated heterocycles. The largest absolute Gasteiger partial charge is 0.495 e. The number of nitrogens with one attached hydrogen (secondary N) is 1. The molecule has 10 heteroatoms. The van der Waals surface area contributed by atoms with Gasteiger partial charge in [-0.25, -0.2) is 0 Å². The Hall–Kier alpha value is -2.88. The summed E-state index contributed by atoms with van der Waals surface area (Å²) in [6.07, 6.45) is 3.43. The number of amides is 1. The van der Waals surface area contributed by atoms with Crippen molar-refractivity contribution >= 4 is 50.9 Å². The highest BCUT2D eigenvalue weighted by Gasteiger charge is 2.17. The van der Waals surface area contributed by atoms with Crippen LogP contribution >= 0.6 is 39.3 Å². The van der Waals surface area contributed by atoms with E-state index in [9.17, 15) is 4.79 Å². The molecule has 0 atom stereocenters. The Bertz CT molecular complexity index is 1240. The average molecular weight is 531 g/mol. The smallest absolute Gasteiger partial charge is 0.234 e. The van der Waals surface area contributed by atoms with E-state index < -0.39 is 0 Å². The molecule has 2 aromatic carbocycles. The highest BCUT2D eigenvalue weighted by Crippen LogP contribution is 2.29. The summed E-state index contributed by atoms with van der Waals surface area (Å²) in [5, 5.41) is 12.5. The number of carbonyl (C=O) groups excluding carboxylic acids is 1. The van der Waals surface area contributed by atoms with Crippen LogP contribution in [0.3, 0.4) is 0 Å². The number of carbonyl (C=O) groups is 1. The van der Waals surface area contributed by atoms with E-state index in [4.69, 9.17) is 16.3 Å². The second-order valence-electron chi connectivity index (χ2n) is 6.55. The van der Waals surface area contributed by atoms with Crippen molar-refractivity contribution in [1.29, 1.82) is 0 Å². The number of pyridine rings is 1. The molecule has 7 nitrogen and oxygen atoms in total. The fraction of sp³-hybridized carbons (Fsp3) is 0.0909. The van der Waals surface area contributed by atoms with E-state index in [1.807, 2.05) is 41.0 Å². The fourth-order valence-corrected chi connectivity index (χ4v) is 4.21. The molecule has 0 unspecified atom stereocenters. The molecule has 0 aliphatic heterocycles. The minimum absolute atomic E-state index is 0.144. The van der Waals surface area contributed by atoms with Gasteiger partial charge in [-0.05, 0) is 54.6 Å². The van der Waals surface area contributed by atoms with Gasteiger partial charge in [0.1, 0.15) is 5.75 Å². The SMILES string of the molecule is COc1ccc(NC(=O)CSc2nnc(-c3cccnc3)n2-c2ccc(Br)cc2)cc1Cl. The van der Waals surface area contributed by atoms with Crippen LogP contribution in [0.4, 0.5) is 5.69 Å². The summed E-state index contributed by atoms with van der Waals surface area (Å²) in [5.41, 5.74) is 2.29. The molecule has 0 spiro atoms. The van der Waals surface area contributed by atoms with Crippen LogP contribution in [0.15, 0.2) is 76.6 Å². The molecular formula is C22H17BrClN5O2S. The van der Waals surface area contributed by atoms with Gasteiger partial charge >= 0.3 is 0 Å². The Balaban J connectivity index is 1.55. The van der Waals surface area contributed by atoms with Crippen LogP contribution < -0.4 is 10.1 Å². The number of anilines is 1. The van der Waals surface area contributed by atoms with Gasteiger partial charge in [-0.15, -0.1) is 10.2 Å². The van der Waals surface area contributed by atoms with Gasteiger partial charge in [-0.3, -0.25) is 14.3 Å². The molecule has 0 saturated carbocycles. The molecule has 1 amide bonds. The molecule has 0 fully saturated rings. The van der Waals surface area contributed by atoms with Crippen molar-refractivity contribution in [2.24, 2.45) is 0 Å². The summed E-state index contributed by atoms with van der Waals surface area (Å²) in [7, 11) is 1.54. The van der Waals surface area contributed by atoms with Gasteiger partial charge < -0.3 is 10.1 Å². The minimum Gasteiger partial charge on any atom is -0.495 e. The number of methoxy groups -OCH3 is 1. The molecule has 2 aromatic heterocycles. The van der Waals surface area contributed by atoms with E-state index in [1.165, 1.54) is 18.9 Å². The molecule has 0 aliphatic carbocycles. The molecule has 0 radical (unpaired) electrons. The van der Waals surface area contributed by atoms with E-state index in [-0.39, 0.29) is 11.7 Å². The molecular weight excluding hydrogens is 514 g/mol. The van der Waals surface area contributed by atoms with Crippen LogP contribution in [0.5, 0.6) is 5.75 Å². The second-order valence-corrected chi connectivity index (χ2v) is 8.81. The first-order chi connectivity index (χ1) is 15.5. The number of nitrogens with zero attached hydrogens (tertiary/aromatic N) is 4. The number of hydrogen-bond donors (Lipinski definition) is 1. The fourth-order valence-electron chi connectivity index (χ4n) is 2.94. The third-order valence-electron chi connectivity index (χ3n) is 4.41. The quantitative estimate of drug-likeness (QED) is 0.319. The van der Waals surface area contributed by atoms with Crippen LogP contribution in [-0.2, 0) is 4.79 Å². The van der Waals surface area contributed by atoms with Gasteiger partial charge in [0.25, 0.3) is 0 Å². The average Bonchev–Trinajstić information content (AvgIpc) is 3.23. The number of aromatic nitrogens is 4. The maximum atomic E-state index is 12.5. The number of hydrogen-bond acceptors (Lipinski definition) is 6. The predicted octanol–water partition coefficient (Wildman–Crippen LogP) is 5.48. The highest BCUT2D eigenvalue weighted by atomic mass is 79.9. The molecule has 4 aromatic rings. The molecule has 0 bridgehead atoms. The Morgan fingerprint density at radius 1 is 1.19 bits per heavy atom. The van der Waals surface area contributed by atoms with Gasteiger partial charge in [0, 0.05) is 33.8 Å². The normalized spacial score (nSPS) is 10.7. The monoisotopic (exact) mass is 529 g/mol. The van der Waals surface area contributed by atoms with E-state index in [2.05, 4.69) is 36.4 Å². The first kappa shape index (κ1) is 22.3. The first-order valence-electron chi connectivity index (χ1n) is 9.43. The van der Waals surface area contributed by atoms with E-state index >= 15 is 0 Å². The summed E-state index contributed by atoms with van der Waals surface area (Å²) in [6.45, 7) is 0.